The minimum atomic E-state index is -3.75. The van der Waals surface area contributed by atoms with Crippen LogP contribution in [0.15, 0.2) is 41.6 Å². The number of hydrogen-bond donors (Lipinski definition) is 1. The summed E-state index contributed by atoms with van der Waals surface area (Å²) in [7, 11) is -1.94. The van der Waals surface area contributed by atoms with Crippen molar-refractivity contribution in [2.24, 2.45) is 7.05 Å². The van der Waals surface area contributed by atoms with E-state index in [0.717, 1.165) is 22.3 Å². The van der Waals surface area contributed by atoms with E-state index in [0.29, 0.717) is 22.0 Å². The maximum absolute atomic E-state index is 13.2. The minimum absolute atomic E-state index is 0.336. The SMILES string of the molecule is Cc1cc(C)c(C)c(S(=O)(=O)Nc2ccccc2-c2nncn2C)c1C. The molecular weight excluding hydrogens is 348 g/mol. The Hall–Kier alpha value is -2.67. The highest BCUT2D eigenvalue weighted by Gasteiger charge is 2.23. The number of rotatable bonds is 4. The molecule has 0 atom stereocenters. The van der Waals surface area contributed by atoms with Crippen molar-refractivity contribution >= 4 is 15.7 Å². The highest BCUT2D eigenvalue weighted by Crippen LogP contribution is 2.31. The highest BCUT2D eigenvalue weighted by atomic mass is 32.2. The first-order valence-corrected chi connectivity index (χ1v) is 9.74. The first kappa shape index (κ1) is 18.1. The van der Waals surface area contributed by atoms with Gasteiger partial charge in [-0.25, -0.2) is 8.42 Å². The standard InChI is InChI=1S/C19H22N4O2S/c1-12-10-13(2)15(4)18(14(12)3)26(24,25)22-17-9-7-6-8-16(17)19-21-20-11-23(19)5/h6-11,22H,1-5H3. The summed E-state index contributed by atoms with van der Waals surface area (Å²) in [6, 6.07) is 9.20. The van der Waals surface area contributed by atoms with E-state index in [1.165, 1.54) is 0 Å². The number of aryl methyl sites for hydroxylation is 3. The molecule has 1 N–H and O–H groups in total. The molecule has 26 heavy (non-hydrogen) atoms. The fraction of sp³-hybridized carbons (Fsp3) is 0.263. The summed E-state index contributed by atoms with van der Waals surface area (Å²) >= 11 is 0. The average Bonchev–Trinajstić information content (AvgIpc) is 2.99. The molecule has 6 nitrogen and oxygen atoms in total. The summed E-state index contributed by atoms with van der Waals surface area (Å²) in [6.07, 6.45) is 1.58. The zero-order valence-corrected chi connectivity index (χ0v) is 16.3. The first-order chi connectivity index (χ1) is 12.2. The lowest BCUT2D eigenvalue weighted by Gasteiger charge is -2.18. The van der Waals surface area contributed by atoms with E-state index >= 15 is 0 Å². The number of benzene rings is 2. The smallest absolute Gasteiger partial charge is 0.262 e. The quantitative estimate of drug-likeness (QED) is 0.762. The molecule has 0 radical (unpaired) electrons. The van der Waals surface area contributed by atoms with E-state index in [-0.39, 0.29) is 0 Å². The van der Waals surface area contributed by atoms with E-state index in [2.05, 4.69) is 14.9 Å². The van der Waals surface area contributed by atoms with E-state index in [4.69, 9.17) is 0 Å². The van der Waals surface area contributed by atoms with Crippen molar-refractivity contribution in [3.05, 3.63) is 58.9 Å². The van der Waals surface area contributed by atoms with E-state index in [1.807, 2.05) is 52.9 Å². The number of nitrogens with zero attached hydrogens (tertiary/aromatic N) is 3. The molecule has 136 valence electrons. The summed E-state index contributed by atoms with van der Waals surface area (Å²) in [5.41, 5.74) is 4.58. The Morgan fingerprint density at radius 2 is 1.62 bits per heavy atom. The predicted octanol–water partition coefficient (Wildman–Crippen LogP) is 3.52. The summed E-state index contributed by atoms with van der Waals surface area (Å²) in [4.78, 5) is 0.336. The normalized spacial score (nSPS) is 11.6. The van der Waals surface area contributed by atoms with Crippen molar-refractivity contribution in [2.45, 2.75) is 32.6 Å². The van der Waals surface area contributed by atoms with Gasteiger partial charge < -0.3 is 4.57 Å². The molecule has 0 aliphatic rings. The molecular formula is C19H22N4O2S. The Kier molecular flexibility index (Phi) is 4.58. The number of nitrogens with one attached hydrogen (secondary N) is 1. The van der Waals surface area contributed by atoms with Gasteiger partial charge in [-0.1, -0.05) is 18.2 Å². The second kappa shape index (κ2) is 6.57. The molecule has 0 unspecified atom stereocenters. The zero-order valence-electron chi connectivity index (χ0n) is 15.5. The Bertz CT molecular complexity index is 1060. The van der Waals surface area contributed by atoms with E-state index < -0.39 is 10.0 Å². The van der Waals surface area contributed by atoms with Crippen LogP contribution in [0.1, 0.15) is 22.3 Å². The van der Waals surface area contributed by atoms with Gasteiger partial charge in [-0.15, -0.1) is 10.2 Å². The maximum atomic E-state index is 13.2. The Morgan fingerprint density at radius 1 is 1.00 bits per heavy atom. The Labute approximate surface area is 154 Å². The van der Waals surface area contributed by atoms with Crippen LogP contribution in [0.2, 0.25) is 0 Å². The van der Waals surface area contributed by atoms with Gasteiger partial charge in [0.1, 0.15) is 6.33 Å². The van der Waals surface area contributed by atoms with Gasteiger partial charge in [0.05, 0.1) is 10.6 Å². The third kappa shape index (κ3) is 3.10. The van der Waals surface area contributed by atoms with Crippen LogP contribution in [-0.2, 0) is 17.1 Å². The van der Waals surface area contributed by atoms with Crippen LogP contribution >= 0.6 is 0 Å². The molecule has 0 aliphatic carbocycles. The predicted molar refractivity (Wildman–Crippen MR) is 103 cm³/mol. The van der Waals surface area contributed by atoms with E-state index in [9.17, 15) is 8.42 Å². The molecule has 0 spiro atoms. The van der Waals surface area contributed by atoms with Crippen LogP contribution < -0.4 is 4.72 Å². The molecule has 0 saturated heterocycles. The molecule has 1 aromatic heterocycles. The summed E-state index contributed by atoms with van der Waals surface area (Å²) in [5.74, 6) is 0.595. The molecule has 7 heteroatoms. The van der Waals surface area contributed by atoms with Gasteiger partial charge >= 0.3 is 0 Å². The zero-order chi connectivity index (χ0) is 19.1. The summed E-state index contributed by atoms with van der Waals surface area (Å²) < 4.78 is 30.9. The molecule has 0 aliphatic heterocycles. The Balaban J connectivity index is 2.13. The molecule has 3 aromatic rings. The lowest BCUT2D eigenvalue weighted by Crippen LogP contribution is -2.17. The van der Waals surface area contributed by atoms with Gasteiger partial charge in [0.25, 0.3) is 10.0 Å². The topological polar surface area (TPSA) is 76.9 Å². The van der Waals surface area contributed by atoms with Crippen molar-refractivity contribution in [1.29, 1.82) is 0 Å². The van der Waals surface area contributed by atoms with Crippen LogP contribution in [0.4, 0.5) is 5.69 Å². The van der Waals surface area contributed by atoms with Crippen molar-refractivity contribution in [3.8, 4) is 11.4 Å². The van der Waals surface area contributed by atoms with Crippen LogP contribution in [0.25, 0.3) is 11.4 Å². The van der Waals surface area contributed by atoms with Crippen LogP contribution in [0.3, 0.4) is 0 Å². The summed E-state index contributed by atoms with van der Waals surface area (Å²) in [5, 5.41) is 7.97. The monoisotopic (exact) mass is 370 g/mol. The highest BCUT2D eigenvalue weighted by molar-refractivity contribution is 7.92. The second-order valence-electron chi connectivity index (χ2n) is 6.51. The van der Waals surface area contributed by atoms with Crippen molar-refractivity contribution < 1.29 is 8.42 Å². The van der Waals surface area contributed by atoms with Gasteiger partial charge in [-0.2, -0.15) is 0 Å². The molecule has 0 amide bonds. The van der Waals surface area contributed by atoms with Gasteiger partial charge in [0.2, 0.25) is 0 Å². The number of hydrogen-bond acceptors (Lipinski definition) is 4. The molecule has 2 aromatic carbocycles. The first-order valence-electron chi connectivity index (χ1n) is 8.26. The van der Waals surface area contributed by atoms with Crippen LogP contribution in [0.5, 0.6) is 0 Å². The Morgan fingerprint density at radius 3 is 2.19 bits per heavy atom. The number of aromatic nitrogens is 3. The maximum Gasteiger partial charge on any atom is 0.262 e. The lowest BCUT2D eigenvalue weighted by atomic mass is 10.0. The van der Waals surface area contributed by atoms with Crippen LogP contribution in [0, 0.1) is 27.7 Å². The van der Waals surface area contributed by atoms with E-state index in [1.54, 1.807) is 23.0 Å². The molecule has 1 heterocycles. The van der Waals surface area contributed by atoms with Crippen molar-refractivity contribution in [3.63, 3.8) is 0 Å². The molecule has 0 fully saturated rings. The summed E-state index contributed by atoms with van der Waals surface area (Å²) in [6.45, 7) is 7.53. The van der Waals surface area contributed by atoms with Gasteiger partial charge in [0.15, 0.2) is 5.82 Å². The third-order valence-electron chi connectivity index (χ3n) is 4.69. The van der Waals surface area contributed by atoms with Crippen molar-refractivity contribution in [2.75, 3.05) is 4.72 Å². The van der Waals surface area contributed by atoms with Crippen molar-refractivity contribution in [1.82, 2.24) is 14.8 Å². The number of para-hydroxylation sites is 1. The van der Waals surface area contributed by atoms with Gasteiger partial charge in [-0.05, 0) is 62.1 Å². The minimum Gasteiger partial charge on any atom is -0.317 e. The lowest BCUT2D eigenvalue weighted by molar-refractivity contribution is 0.599. The molecule has 3 rings (SSSR count). The fourth-order valence-corrected chi connectivity index (χ4v) is 4.77. The number of anilines is 1. The second-order valence-corrected chi connectivity index (χ2v) is 8.13. The third-order valence-corrected chi connectivity index (χ3v) is 6.33. The average molecular weight is 370 g/mol. The molecule has 0 bridgehead atoms. The fourth-order valence-electron chi connectivity index (χ4n) is 3.07. The van der Waals surface area contributed by atoms with Gasteiger partial charge in [-0.3, -0.25) is 4.72 Å². The van der Waals surface area contributed by atoms with Crippen LogP contribution in [-0.4, -0.2) is 23.2 Å². The number of sulfonamides is 1. The molecule has 0 saturated carbocycles. The largest absolute Gasteiger partial charge is 0.317 e. The van der Waals surface area contributed by atoms with Gasteiger partial charge in [0, 0.05) is 12.6 Å².